The van der Waals surface area contributed by atoms with Gasteiger partial charge in [-0.25, -0.2) is 0 Å². The standard InChI is InChI=1S/C21H24BrClN2O3/c1-3-11-24-21(27)15(2)25(13-16-5-4-6-17(22)12-16)20(26)14-28-19-9-7-18(23)8-10-19/h4-10,12,15H,3,11,13-14H2,1-2H3,(H,24,27)/t15-/m1/s1. The van der Waals surface area contributed by atoms with Crippen molar-refractivity contribution in [2.75, 3.05) is 13.2 Å². The first kappa shape index (κ1) is 22.2. The number of ether oxygens (including phenoxy) is 1. The smallest absolute Gasteiger partial charge is 0.261 e. The van der Waals surface area contributed by atoms with E-state index in [1.807, 2.05) is 31.2 Å². The SMILES string of the molecule is CCCNC(=O)[C@@H](C)N(Cc1cccc(Br)c1)C(=O)COc1ccc(Cl)cc1. The van der Waals surface area contributed by atoms with Crippen LogP contribution in [0.5, 0.6) is 5.75 Å². The molecule has 2 rings (SSSR count). The Hall–Kier alpha value is -2.05. The van der Waals surface area contributed by atoms with E-state index in [4.69, 9.17) is 16.3 Å². The van der Waals surface area contributed by atoms with Gasteiger partial charge in [0.15, 0.2) is 6.61 Å². The minimum absolute atomic E-state index is 0.166. The second kappa shape index (κ2) is 11.1. The summed E-state index contributed by atoms with van der Waals surface area (Å²) >= 11 is 9.31. The highest BCUT2D eigenvalue weighted by Gasteiger charge is 2.26. The molecule has 2 aromatic rings. The van der Waals surface area contributed by atoms with E-state index in [9.17, 15) is 9.59 Å². The van der Waals surface area contributed by atoms with Gasteiger partial charge in [-0.3, -0.25) is 9.59 Å². The lowest BCUT2D eigenvalue weighted by Crippen LogP contribution is -2.49. The normalized spacial score (nSPS) is 11.6. The van der Waals surface area contributed by atoms with Gasteiger partial charge in [-0.05, 0) is 55.3 Å². The van der Waals surface area contributed by atoms with Gasteiger partial charge in [0.05, 0.1) is 0 Å². The third-order valence-corrected chi connectivity index (χ3v) is 4.88. The number of halogens is 2. The molecule has 0 aliphatic rings. The Morgan fingerprint density at radius 1 is 1.21 bits per heavy atom. The van der Waals surface area contributed by atoms with Gasteiger partial charge in [-0.1, -0.05) is 46.6 Å². The van der Waals surface area contributed by atoms with Gasteiger partial charge >= 0.3 is 0 Å². The van der Waals surface area contributed by atoms with Crippen molar-refractivity contribution in [3.05, 3.63) is 63.6 Å². The van der Waals surface area contributed by atoms with E-state index < -0.39 is 6.04 Å². The van der Waals surface area contributed by atoms with E-state index in [1.54, 1.807) is 31.2 Å². The van der Waals surface area contributed by atoms with Crippen molar-refractivity contribution in [1.82, 2.24) is 10.2 Å². The van der Waals surface area contributed by atoms with Crippen molar-refractivity contribution in [3.63, 3.8) is 0 Å². The van der Waals surface area contributed by atoms with Crippen LogP contribution >= 0.6 is 27.5 Å². The van der Waals surface area contributed by atoms with Gasteiger partial charge in [0.1, 0.15) is 11.8 Å². The Balaban J connectivity index is 2.12. The molecule has 0 unspecified atom stereocenters. The molecule has 5 nitrogen and oxygen atoms in total. The summed E-state index contributed by atoms with van der Waals surface area (Å²) in [5, 5.41) is 3.44. The summed E-state index contributed by atoms with van der Waals surface area (Å²) in [4.78, 5) is 26.9. The lowest BCUT2D eigenvalue weighted by molar-refractivity contribution is -0.142. The van der Waals surface area contributed by atoms with E-state index in [0.717, 1.165) is 16.5 Å². The van der Waals surface area contributed by atoms with Crippen molar-refractivity contribution in [1.29, 1.82) is 0 Å². The van der Waals surface area contributed by atoms with Gasteiger partial charge in [0.2, 0.25) is 5.91 Å². The molecule has 1 N–H and O–H groups in total. The molecule has 7 heteroatoms. The first-order chi connectivity index (χ1) is 13.4. The minimum Gasteiger partial charge on any atom is -0.484 e. The minimum atomic E-state index is -0.619. The summed E-state index contributed by atoms with van der Waals surface area (Å²) in [6.07, 6.45) is 0.831. The number of benzene rings is 2. The molecule has 150 valence electrons. The second-order valence-corrected chi connectivity index (χ2v) is 7.71. The van der Waals surface area contributed by atoms with Crippen LogP contribution in [0.4, 0.5) is 0 Å². The van der Waals surface area contributed by atoms with Gasteiger partial charge < -0.3 is 15.0 Å². The molecule has 0 aliphatic carbocycles. The number of rotatable bonds is 9. The summed E-state index contributed by atoms with van der Waals surface area (Å²) in [6, 6.07) is 13.8. The van der Waals surface area contributed by atoms with Crippen LogP contribution in [-0.4, -0.2) is 35.9 Å². The molecule has 28 heavy (non-hydrogen) atoms. The highest BCUT2D eigenvalue weighted by atomic mass is 79.9. The largest absolute Gasteiger partial charge is 0.484 e. The van der Waals surface area contributed by atoms with Crippen molar-refractivity contribution >= 4 is 39.3 Å². The second-order valence-electron chi connectivity index (χ2n) is 6.36. The number of hydrogen-bond donors (Lipinski definition) is 1. The van der Waals surface area contributed by atoms with Crippen LogP contribution in [0.25, 0.3) is 0 Å². The van der Waals surface area contributed by atoms with Gasteiger partial charge in [0, 0.05) is 22.6 Å². The first-order valence-electron chi connectivity index (χ1n) is 9.10. The number of carbonyl (C=O) groups is 2. The van der Waals surface area contributed by atoms with E-state index >= 15 is 0 Å². The van der Waals surface area contributed by atoms with Crippen molar-refractivity contribution in [2.45, 2.75) is 32.9 Å². The van der Waals surface area contributed by atoms with E-state index in [2.05, 4.69) is 21.2 Å². The molecule has 2 aromatic carbocycles. The maximum atomic E-state index is 12.9. The summed E-state index contributed by atoms with van der Waals surface area (Å²) in [5.74, 6) is 0.0917. The Kier molecular flexibility index (Phi) is 8.80. The van der Waals surface area contributed by atoms with Crippen LogP contribution in [0.3, 0.4) is 0 Å². The third-order valence-electron chi connectivity index (χ3n) is 4.13. The number of amides is 2. The molecule has 0 heterocycles. The van der Waals surface area contributed by atoms with Crippen LogP contribution < -0.4 is 10.1 Å². The maximum Gasteiger partial charge on any atom is 0.261 e. The Morgan fingerprint density at radius 3 is 2.57 bits per heavy atom. The zero-order valence-electron chi connectivity index (χ0n) is 16.0. The molecule has 0 spiro atoms. The van der Waals surface area contributed by atoms with Gasteiger partial charge in [-0.15, -0.1) is 0 Å². The fourth-order valence-electron chi connectivity index (χ4n) is 2.57. The predicted octanol–water partition coefficient (Wildman–Crippen LogP) is 4.42. The molecular weight excluding hydrogens is 444 g/mol. The zero-order chi connectivity index (χ0) is 20.5. The molecule has 0 fully saturated rings. The molecule has 0 bridgehead atoms. The molecule has 0 aromatic heterocycles. The molecule has 0 aliphatic heterocycles. The molecule has 1 atom stereocenters. The first-order valence-corrected chi connectivity index (χ1v) is 10.3. The average Bonchev–Trinajstić information content (AvgIpc) is 2.69. The van der Waals surface area contributed by atoms with Crippen LogP contribution in [0.15, 0.2) is 53.0 Å². The highest BCUT2D eigenvalue weighted by Crippen LogP contribution is 2.17. The fourth-order valence-corrected chi connectivity index (χ4v) is 3.14. The molecule has 0 radical (unpaired) electrons. The molecular formula is C21H24BrClN2O3. The van der Waals surface area contributed by atoms with Crippen molar-refractivity contribution < 1.29 is 14.3 Å². The summed E-state index contributed by atoms with van der Waals surface area (Å²) < 4.78 is 6.50. The summed E-state index contributed by atoms with van der Waals surface area (Å²) in [7, 11) is 0. The number of hydrogen-bond acceptors (Lipinski definition) is 3. The Labute approximate surface area is 179 Å². The average molecular weight is 468 g/mol. The third kappa shape index (κ3) is 6.84. The van der Waals surface area contributed by atoms with Gasteiger partial charge in [0.25, 0.3) is 5.91 Å². The highest BCUT2D eigenvalue weighted by molar-refractivity contribution is 9.10. The number of carbonyl (C=O) groups excluding carboxylic acids is 2. The maximum absolute atomic E-state index is 12.9. The monoisotopic (exact) mass is 466 g/mol. The summed E-state index contributed by atoms with van der Waals surface area (Å²) in [6.45, 7) is 4.42. The molecule has 2 amide bonds. The molecule has 0 saturated heterocycles. The number of nitrogens with zero attached hydrogens (tertiary/aromatic N) is 1. The Bertz CT molecular complexity index is 798. The molecule has 0 saturated carbocycles. The van der Waals surface area contributed by atoms with Crippen LogP contribution in [0.2, 0.25) is 5.02 Å². The van der Waals surface area contributed by atoms with E-state index in [0.29, 0.717) is 23.9 Å². The fraction of sp³-hybridized carbons (Fsp3) is 0.333. The van der Waals surface area contributed by atoms with Gasteiger partial charge in [-0.2, -0.15) is 0 Å². The van der Waals surface area contributed by atoms with Crippen LogP contribution in [0.1, 0.15) is 25.8 Å². The van der Waals surface area contributed by atoms with Crippen LogP contribution in [-0.2, 0) is 16.1 Å². The quantitative estimate of drug-likeness (QED) is 0.594. The van der Waals surface area contributed by atoms with Crippen LogP contribution in [0, 0.1) is 0 Å². The summed E-state index contributed by atoms with van der Waals surface area (Å²) in [5.41, 5.74) is 0.921. The van der Waals surface area contributed by atoms with Crippen molar-refractivity contribution in [2.24, 2.45) is 0 Å². The lowest BCUT2D eigenvalue weighted by atomic mass is 10.1. The zero-order valence-corrected chi connectivity index (χ0v) is 18.3. The Morgan fingerprint density at radius 2 is 1.93 bits per heavy atom. The number of nitrogens with one attached hydrogen (secondary N) is 1. The predicted molar refractivity (Wildman–Crippen MR) is 114 cm³/mol. The van der Waals surface area contributed by atoms with Crippen molar-refractivity contribution in [3.8, 4) is 5.75 Å². The van der Waals surface area contributed by atoms with E-state index in [1.165, 1.54) is 4.90 Å². The topological polar surface area (TPSA) is 58.6 Å². The van der Waals surface area contributed by atoms with E-state index in [-0.39, 0.29) is 18.4 Å². The lowest BCUT2D eigenvalue weighted by Gasteiger charge is -2.28.